The molecule has 0 saturated carbocycles. The summed E-state index contributed by atoms with van der Waals surface area (Å²) < 4.78 is 36.9. The highest BCUT2D eigenvalue weighted by molar-refractivity contribution is 7.88. The van der Waals surface area contributed by atoms with Gasteiger partial charge in [-0.2, -0.15) is 0 Å². The number of hydrogen-bond donors (Lipinski definition) is 1. The van der Waals surface area contributed by atoms with Crippen molar-refractivity contribution in [3.63, 3.8) is 0 Å². The van der Waals surface area contributed by atoms with Crippen molar-refractivity contribution in [2.24, 2.45) is 5.92 Å². The van der Waals surface area contributed by atoms with Crippen LogP contribution in [0.3, 0.4) is 0 Å². The Labute approximate surface area is 137 Å². The number of amides is 1. The molecule has 3 aliphatic heterocycles. The van der Waals surface area contributed by atoms with E-state index >= 15 is 0 Å². The van der Waals surface area contributed by atoms with Gasteiger partial charge in [0, 0.05) is 44.9 Å². The van der Waals surface area contributed by atoms with Crippen LogP contribution in [0.25, 0.3) is 0 Å². The van der Waals surface area contributed by atoms with Crippen molar-refractivity contribution in [3.05, 3.63) is 0 Å². The number of sulfonamides is 1. The lowest BCUT2D eigenvalue weighted by molar-refractivity contribution is -0.140. The van der Waals surface area contributed by atoms with Crippen molar-refractivity contribution in [1.29, 1.82) is 0 Å². The second-order valence-corrected chi connectivity index (χ2v) is 8.79. The van der Waals surface area contributed by atoms with Gasteiger partial charge in [0.25, 0.3) is 0 Å². The average molecular weight is 346 g/mol. The number of nitrogens with one attached hydrogen (secondary N) is 1. The Balaban J connectivity index is 1.60. The first-order chi connectivity index (χ1) is 10.9. The Bertz CT molecular complexity index is 546. The molecule has 8 heteroatoms. The molecule has 0 radical (unpaired) electrons. The molecule has 1 spiro atoms. The summed E-state index contributed by atoms with van der Waals surface area (Å²) in [6.07, 6.45) is 4.87. The van der Waals surface area contributed by atoms with Crippen molar-refractivity contribution in [1.82, 2.24) is 9.62 Å². The van der Waals surface area contributed by atoms with Crippen molar-refractivity contribution >= 4 is 15.9 Å². The SMILES string of the molecule is CS(=O)(=O)N[C@@H]1CCO[C@]2(CCN(C(=O)C3CCOCC3)C2)C1. The average Bonchev–Trinajstić information content (AvgIpc) is 2.89. The number of carbonyl (C=O) groups excluding carboxylic acids is 1. The van der Waals surface area contributed by atoms with Gasteiger partial charge in [-0.1, -0.05) is 0 Å². The fraction of sp³-hybridized carbons (Fsp3) is 0.933. The highest BCUT2D eigenvalue weighted by atomic mass is 32.2. The van der Waals surface area contributed by atoms with Gasteiger partial charge in [-0.25, -0.2) is 13.1 Å². The summed E-state index contributed by atoms with van der Waals surface area (Å²) in [5.74, 6) is 0.263. The molecule has 132 valence electrons. The summed E-state index contributed by atoms with van der Waals surface area (Å²) in [7, 11) is -3.22. The standard InChI is InChI=1S/C15H26N2O5S/c1-23(19,20)16-13-4-9-22-15(10-13)5-6-17(11-15)14(18)12-2-7-21-8-3-12/h12-13,16H,2-11H2,1H3/t13-,15-/m1/s1. The molecule has 7 nitrogen and oxygen atoms in total. The van der Waals surface area contributed by atoms with Crippen LogP contribution in [0, 0.1) is 5.92 Å². The molecule has 2 atom stereocenters. The van der Waals surface area contributed by atoms with Gasteiger partial charge in [0.15, 0.2) is 0 Å². The highest BCUT2D eigenvalue weighted by Crippen LogP contribution is 2.35. The van der Waals surface area contributed by atoms with E-state index in [1.807, 2.05) is 4.90 Å². The zero-order valence-corrected chi connectivity index (χ0v) is 14.4. The Morgan fingerprint density at radius 2 is 1.96 bits per heavy atom. The van der Waals surface area contributed by atoms with Crippen LogP contribution < -0.4 is 4.72 Å². The first kappa shape index (κ1) is 17.1. The van der Waals surface area contributed by atoms with E-state index in [4.69, 9.17) is 9.47 Å². The molecule has 3 rings (SSSR count). The van der Waals surface area contributed by atoms with Crippen LogP contribution in [0.2, 0.25) is 0 Å². The second-order valence-electron chi connectivity index (χ2n) is 7.01. The smallest absolute Gasteiger partial charge is 0.225 e. The molecular weight excluding hydrogens is 320 g/mol. The van der Waals surface area contributed by atoms with Crippen LogP contribution >= 0.6 is 0 Å². The Morgan fingerprint density at radius 1 is 1.22 bits per heavy atom. The predicted octanol–water partition coefficient (Wildman–Crippen LogP) is 0.112. The van der Waals surface area contributed by atoms with Gasteiger partial charge >= 0.3 is 0 Å². The van der Waals surface area contributed by atoms with Crippen LogP contribution in [0.4, 0.5) is 0 Å². The van der Waals surface area contributed by atoms with Gasteiger partial charge in [-0.3, -0.25) is 4.79 Å². The van der Waals surface area contributed by atoms with Crippen molar-refractivity contribution in [3.8, 4) is 0 Å². The number of ether oxygens (including phenoxy) is 2. The van der Waals surface area contributed by atoms with E-state index in [-0.39, 0.29) is 23.5 Å². The fourth-order valence-electron chi connectivity index (χ4n) is 3.95. The summed E-state index contributed by atoms with van der Waals surface area (Å²) in [4.78, 5) is 14.5. The molecule has 3 heterocycles. The molecule has 0 aliphatic carbocycles. The Morgan fingerprint density at radius 3 is 2.65 bits per heavy atom. The van der Waals surface area contributed by atoms with Gasteiger partial charge in [-0.15, -0.1) is 0 Å². The van der Waals surface area contributed by atoms with E-state index in [1.165, 1.54) is 6.26 Å². The molecule has 23 heavy (non-hydrogen) atoms. The summed E-state index contributed by atoms with van der Waals surface area (Å²) in [6, 6.07) is -0.100. The van der Waals surface area contributed by atoms with Crippen LogP contribution in [-0.2, 0) is 24.3 Å². The molecule has 3 aliphatic rings. The fourth-order valence-corrected chi connectivity index (χ4v) is 4.76. The van der Waals surface area contributed by atoms with Crippen LogP contribution in [-0.4, -0.2) is 70.0 Å². The maximum Gasteiger partial charge on any atom is 0.225 e. The molecule has 1 amide bonds. The molecule has 1 N–H and O–H groups in total. The maximum absolute atomic E-state index is 12.6. The van der Waals surface area contributed by atoms with E-state index in [1.54, 1.807) is 0 Å². The quantitative estimate of drug-likeness (QED) is 0.784. The van der Waals surface area contributed by atoms with E-state index in [2.05, 4.69) is 4.72 Å². The number of rotatable bonds is 3. The van der Waals surface area contributed by atoms with Gasteiger partial charge in [-0.05, 0) is 32.1 Å². The lowest BCUT2D eigenvalue weighted by Crippen LogP contribution is -2.50. The normalized spacial score (nSPS) is 33.3. The van der Waals surface area contributed by atoms with Gasteiger partial charge in [0.05, 0.1) is 11.9 Å². The predicted molar refractivity (Wildman–Crippen MR) is 84.4 cm³/mol. The second kappa shape index (κ2) is 6.66. The van der Waals surface area contributed by atoms with Gasteiger partial charge < -0.3 is 14.4 Å². The van der Waals surface area contributed by atoms with E-state index in [0.29, 0.717) is 45.8 Å². The Hall–Kier alpha value is -0.700. The molecular formula is C15H26N2O5S. The first-order valence-corrected chi connectivity index (χ1v) is 10.2. The summed E-state index contributed by atoms with van der Waals surface area (Å²) >= 11 is 0. The Kier molecular flexibility index (Phi) is 4.96. The molecule has 0 aromatic rings. The minimum Gasteiger partial charge on any atom is -0.381 e. The third-order valence-corrected chi connectivity index (χ3v) is 5.83. The molecule has 3 saturated heterocycles. The van der Waals surface area contributed by atoms with E-state index in [9.17, 15) is 13.2 Å². The molecule has 0 aromatic heterocycles. The molecule has 0 aromatic carbocycles. The third-order valence-electron chi connectivity index (χ3n) is 5.07. The van der Waals surface area contributed by atoms with E-state index < -0.39 is 10.0 Å². The number of likely N-dealkylation sites (tertiary alicyclic amines) is 1. The number of carbonyl (C=O) groups is 1. The van der Waals surface area contributed by atoms with Crippen molar-refractivity contribution in [2.45, 2.75) is 43.7 Å². The third kappa shape index (κ3) is 4.23. The van der Waals surface area contributed by atoms with Crippen LogP contribution in [0.15, 0.2) is 0 Å². The number of nitrogens with zero attached hydrogens (tertiary/aromatic N) is 1. The molecule has 3 fully saturated rings. The minimum absolute atomic E-state index is 0.0624. The lowest BCUT2D eigenvalue weighted by atomic mass is 9.90. The zero-order chi connectivity index (χ0) is 16.5. The minimum atomic E-state index is -3.22. The topological polar surface area (TPSA) is 84.9 Å². The van der Waals surface area contributed by atoms with Crippen molar-refractivity contribution < 1.29 is 22.7 Å². The largest absolute Gasteiger partial charge is 0.381 e. The maximum atomic E-state index is 12.6. The summed E-state index contributed by atoms with van der Waals surface area (Å²) in [6.45, 7) is 3.12. The highest BCUT2D eigenvalue weighted by Gasteiger charge is 2.46. The van der Waals surface area contributed by atoms with Gasteiger partial charge in [0.1, 0.15) is 0 Å². The first-order valence-electron chi connectivity index (χ1n) is 8.35. The van der Waals surface area contributed by atoms with Crippen LogP contribution in [0.1, 0.15) is 32.1 Å². The lowest BCUT2D eigenvalue weighted by Gasteiger charge is -2.38. The van der Waals surface area contributed by atoms with E-state index in [0.717, 1.165) is 19.3 Å². The monoisotopic (exact) mass is 346 g/mol. The molecule has 0 bridgehead atoms. The summed E-state index contributed by atoms with van der Waals surface area (Å²) in [5.41, 5.74) is -0.387. The number of hydrogen-bond acceptors (Lipinski definition) is 5. The van der Waals surface area contributed by atoms with Crippen LogP contribution in [0.5, 0.6) is 0 Å². The zero-order valence-electron chi connectivity index (χ0n) is 13.6. The van der Waals surface area contributed by atoms with Crippen molar-refractivity contribution in [2.75, 3.05) is 39.2 Å². The summed E-state index contributed by atoms with van der Waals surface area (Å²) in [5, 5.41) is 0. The van der Waals surface area contributed by atoms with Gasteiger partial charge in [0.2, 0.25) is 15.9 Å². The molecule has 0 unspecified atom stereocenters.